The average molecular weight is 549 g/mol. The lowest BCUT2D eigenvalue weighted by Gasteiger charge is -2.23. The van der Waals surface area contributed by atoms with Crippen molar-refractivity contribution in [1.29, 1.82) is 0 Å². The Hall–Kier alpha value is -3.78. The maximum Gasteiger partial charge on any atom is 0.408 e. The summed E-state index contributed by atoms with van der Waals surface area (Å²) in [5, 5.41) is 5.50. The van der Waals surface area contributed by atoms with Crippen LogP contribution in [-0.4, -0.2) is 35.8 Å². The fourth-order valence-electron chi connectivity index (χ4n) is 3.75. The van der Waals surface area contributed by atoms with Gasteiger partial charge in [0.1, 0.15) is 25.3 Å². The third-order valence-electron chi connectivity index (χ3n) is 5.75. The molecule has 0 saturated carbocycles. The van der Waals surface area contributed by atoms with Crippen LogP contribution in [0.5, 0.6) is 0 Å². The number of benzene rings is 3. The Labute approximate surface area is 234 Å². The van der Waals surface area contributed by atoms with Gasteiger partial charge in [-0.3, -0.25) is 4.79 Å². The zero-order valence-corrected chi connectivity index (χ0v) is 23.2. The fraction of sp³-hybridized carbons (Fsp3) is 0.323. The van der Waals surface area contributed by atoms with E-state index in [2.05, 4.69) is 10.6 Å². The molecule has 7 nitrogen and oxygen atoms in total. The molecule has 0 aliphatic carbocycles. The summed E-state index contributed by atoms with van der Waals surface area (Å²) in [6, 6.07) is 26.8. The molecule has 3 aromatic carbocycles. The first kappa shape index (κ1) is 29.8. The van der Waals surface area contributed by atoms with Crippen LogP contribution in [0.3, 0.4) is 0 Å². The molecule has 0 aliphatic heterocycles. The molecule has 0 unspecified atom stereocenters. The van der Waals surface area contributed by atoms with Crippen LogP contribution in [0.15, 0.2) is 91.0 Å². The van der Waals surface area contributed by atoms with Gasteiger partial charge in [0.15, 0.2) is 0 Å². The molecular formula is C31H36N2O5S. The number of amides is 2. The van der Waals surface area contributed by atoms with Crippen molar-refractivity contribution in [3.05, 3.63) is 108 Å². The monoisotopic (exact) mass is 548 g/mol. The van der Waals surface area contributed by atoms with Crippen molar-refractivity contribution in [1.82, 2.24) is 10.6 Å². The number of carbonyl (C=O) groups is 3. The average Bonchev–Trinajstić information content (AvgIpc) is 2.95. The van der Waals surface area contributed by atoms with Crippen LogP contribution in [0.25, 0.3) is 0 Å². The second-order valence-corrected chi connectivity index (χ2v) is 10.6. The number of ether oxygens (including phenoxy) is 2. The lowest BCUT2D eigenvalue weighted by atomic mass is 10.0. The highest BCUT2D eigenvalue weighted by Gasteiger charge is 2.29. The molecule has 0 aliphatic rings. The van der Waals surface area contributed by atoms with Gasteiger partial charge in [-0.2, -0.15) is 11.8 Å². The van der Waals surface area contributed by atoms with Gasteiger partial charge in [0, 0.05) is 11.5 Å². The Morgan fingerprint density at radius 1 is 0.692 bits per heavy atom. The first-order valence-corrected chi connectivity index (χ1v) is 14.2. The Bertz CT molecular complexity index is 1160. The highest BCUT2D eigenvalue weighted by Crippen LogP contribution is 2.15. The first-order valence-electron chi connectivity index (χ1n) is 13.0. The van der Waals surface area contributed by atoms with Gasteiger partial charge in [-0.1, -0.05) is 105 Å². The van der Waals surface area contributed by atoms with Gasteiger partial charge in [0.25, 0.3) is 0 Å². The van der Waals surface area contributed by atoms with Crippen LogP contribution in [-0.2, 0) is 38.0 Å². The number of nitrogens with one attached hydrogen (secondary N) is 2. The van der Waals surface area contributed by atoms with Crippen molar-refractivity contribution in [3.8, 4) is 0 Å². The third kappa shape index (κ3) is 11.2. The van der Waals surface area contributed by atoms with Crippen molar-refractivity contribution in [2.24, 2.45) is 5.92 Å². The van der Waals surface area contributed by atoms with E-state index >= 15 is 0 Å². The molecule has 2 amide bonds. The van der Waals surface area contributed by atoms with E-state index in [4.69, 9.17) is 9.47 Å². The van der Waals surface area contributed by atoms with Gasteiger partial charge in [0.2, 0.25) is 5.91 Å². The van der Waals surface area contributed by atoms with Crippen LogP contribution < -0.4 is 10.6 Å². The van der Waals surface area contributed by atoms with Crippen LogP contribution in [0.1, 0.15) is 37.0 Å². The van der Waals surface area contributed by atoms with E-state index in [-0.39, 0.29) is 19.1 Å². The van der Waals surface area contributed by atoms with E-state index in [1.807, 2.05) is 105 Å². The summed E-state index contributed by atoms with van der Waals surface area (Å²) in [7, 11) is 0. The van der Waals surface area contributed by atoms with Crippen LogP contribution in [0, 0.1) is 5.92 Å². The number of hydrogen-bond acceptors (Lipinski definition) is 6. The standard InChI is InChI=1S/C31H36N2O5S/c1-23(2)18-27(30(35)37-19-24-12-6-3-7-13-24)32-29(34)28(22-39-21-26-16-10-5-11-17-26)33-31(36)38-20-25-14-8-4-9-15-25/h3-17,23,27-28H,18-22H2,1-2H3,(H,32,34)(H,33,36)/t27-,28+/m0/s1. The molecule has 206 valence electrons. The summed E-state index contributed by atoms with van der Waals surface area (Å²) >= 11 is 1.51. The van der Waals surface area contributed by atoms with Crippen LogP contribution in [0.2, 0.25) is 0 Å². The maximum absolute atomic E-state index is 13.4. The summed E-state index contributed by atoms with van der Waals surface area (Å²) < 4.78 is 10.9. The highest BCUT2D eigenvalue weighted by molar-refractivity contribution is 7.98. The van der Waals surface area contributed by atoms with Gasteiger partial charge in [-0.15, -0.1) is 0 Å². The predicted molar refractivity (Wildman–Crippen MR) is 154 cm³/mol. The molecule has 0 saturated heterocycles. The third-order valence-corrected chi connectivity index (χ3v) is 6.86. The summed E-state index contributed by atoms with van der Waals surface area (Å²) in [6.07, 6.45) is -0.298. The molecule has 2 atom stereocenters. The molecule has 0 radical (unpaired) electrons. The van der Waals surface area contributed by atoms with E-state index in [0.717, 1.165) is 16.7 Å². The molecule has 0 bridgehead atoms. The molecule has 3 aromatic rings. The second kappa shape index (κ2) is 16.2. The Kier molecular flexibility index (Phi) is 12.4. The van der Waals surface area contributed by atoms with Gasteiger partial charge < -0.3 is 20.1 Å². The van der Waals surface area contributed by atoms with E-state index in [9.17, 15) is 14.4 Å². The first-order chi connectivity index (χ1) is 18.9. The molecule has 8 heteroatoms. The van der Waals surface area contributed by atoms with E-state index in [0.29, 0.717) is 17.9 Å². The van der Waals surface area contributed by atoms with Gasteiger partial charge in [-0.05, 0) is 29.0 Å². The fourth-order valence-corrected chi connectivity index (χ4v) is 4.76. The van der Waals surface area contributed by atoms with Crippen molar-refractivity contribution in [2.45, 2.75) is 51.3 Å². The van der Waals surface area contributed by atoms with Crippen molar-refractivity contribution in [2.75, 3.05) is 5.75 Å². The van der Waals surface area contributed by atoms with Crippen molar-refractivity contribution >= 4 is 29.7 Å². The smallest absolute Gasteiger partial charge is 0.408 e. The van der Waals surface area contributed by atoms with Crippen LogP contribution in [0.4, 0.5) is 4.79 Å². The molecule has 0 heterocycles. The van der Waals surface area contributed by atoms with E-state index in [1.165, 1.54) is 11.8 Å². The molecular weight excluding hydrogens is 512 g/mol. The minimum atomic E-state index is -0.904. The van der Waals surface area contributed by atoms with Crippen molar-refractivity contribution < 1.29 is 23.9 Å². The van der Waals surface area contributed by atoms with Crippen molar-refractivity contribution in [3.63, 3.8) is 0 Å². The summed E-state index contributed by atoms with van der Waals surface area (Å²) in [4.78, 5) is 38.9. The van der Waals surface area contributed by atoms with E-state index in [1.54, 1.807) is 0 Å². The summed E-state index contributed by atoms with van der Waals surface area (Å²) in [6.45, 7) is 4.14. The Morgan fingerprint density at radius 3 is 1.74 bits per heavy atom. The molecule has 0 fully saturated rings. The number of esters is 1. The molecule has 0 spiro atoms. The Balaban J connectivity index is 1.63. The number of carbonyl (C=O) groups excluding carboxylic acids is 3. The normalized spacial score (nSPS) is 12.3. The minimum absolute atomic E-state index is 0.0833. The summed E-state index contributed by atoms with van der Waals surface area (Å²) in [5.41, 5.74) is 2.80. The van der Waals surface area contributed by atoms with Gasteiger partial charge in [-0.25, -0.2) is 9.59 Å². The largest absolute Gasteiger partial charge is 0.459 e. The molecule has 39 heavy (non-hydrogen) atoms. The zero-order chi connectivity index (χ0) is 27.9. The predicted octanol–water partition coefficient (Wildman–Crippen LogP) is 5.49. The number of rotatable bonds is 14. The summed E-state index contributed by atoms with van der Waals surface area (Å²) in [5.74, 6) is 0.126. The lowest BCUT2D eigenvalue weighted by molar-refractivity contribution is -0.149. The Morgan fingerprint density at radius 2 is 1.21 bits per heavy atom. The van der Waals surface area contributed by atoms with Gasteiger partial charge in [0.05, 0.1) is 0 Å². The molecule has 0 aromatic heterocycles. The van der Waals surface area contributed by atoms with E-state index < -0.39 is 30.1 Å². The maximum atomic E-state index is 13.4. The lowest BCUT2D eigenvalue weighted by Crippen LogP contribution is -2.53. The second-order valence-electron chi connectivity index (χ2n) is 9.54. The molecule has 2 N–H and O–H groups in total. The quantitative estimate of drug-likeness (QED) is 0.259. The minimum Gasteiger partial charge on any atom is -0.459 e. The number of hydrogen-bond donors (Lipinski definition) is 2. The number of alkyl carbamates (subject to hydrolysis) is 1. The van der Waals surface area contributed by atoms with Crippen LogP contribution >= 0.6 is 11.8 Å². The molecule has 3 rings (SSSR count). The van der Waals surface area contributed by atoms with Gasteiger partial charge >= 0.3 is 12.1 Å². The topological polar surface area (TPSA) is 93.7 Å². The number of thioether (sulfide) groups is 1. The highest BCUT2D eigenvalue weighted by atomic mass is 32.2. The SMILES string of the molecule is CC(C)C[C@H](NC(=O)[C@@H](CSCc1ccccc1)NC(=O)OCc1ccccc1)C(=O)OCc1ccccc1. The zero-order valence-electron chi connectivity index (χ0n) is 22.4.